The molecule has 1 aromatic heterocycles. The van der Waals surface area contributed by atoms with Crippen LogP contribution in [0.5, 0.6) is 0 Å². The summed E-state index contributed by atoms with van der Waals surface area (Å²) >= 11 is 5.34. The summed E-state index contributed by atoms with van der Waals surface area (Å²) in [6, 6.07) is 17.6. The zero-order valence-corrected chi connectivity index (χ0v) is 17.0. The Bertz CT molecular complexity index is 1110. The first-order valence-electron chi connectivity index (χ1n) is 9.93. The molecule has 1 aliphatic heterocycles. The van der Waals surface area contributed by atoms with Gasteiger partial charge in [-0.3, -0.25) is 14.2 Å². The molecule has 150 valence electrons. The van der Waals surface area contributed by atoms with Gasteiger partial charge in [0.15, 0.2) is 4.77 Å². The van der Waals surface area contributed by atoms with Gasteiger partial charge in [0.25, 0.3) is 5.56 Å². The minimum atomic E-state index is -0.103. The van der Waals surface area contributed by atoms with Crippen molar-refractivity contribution in [3.63, 3.8) is 0 Å². The molecule has 7 heteroatoms. The lowest BCUT2D eigenvalue weighted by Gasteiger charge is -2.36. The van der Waals surface area contributed by atoms with E-state index >= 15 is 0 Å². The predicted octanol–water partition coefficient (Wildman–Crippen LogP) is 3.19. The third-order valence-electron chi connectivity index (χ3n) is 5.42. The highest BCUT2D eigenvalue weighted by Crippen LogP contribution is 2.16. The van der Waals surface area contributed by atoms with Crippen LogP contribution in [-0.4, -0.2) is 46.5 Å². The summed E-state index contributed by atoms with van der Waals surface area (Å²) in [7, 11) is 0. The molecular formula is C22H24N4O2S. The van der Waals surface area contributed by atoms with Crippen molar-refractivity contribution in [2.75, 3.05) is 31.1 Å². The molecule has 1 fully saturated rings. The summed E-state index contributed by atoms with van der Waals surface area (Å²) in [6.45, 7) is 3.57. The molecule has 29 heavy (non-hydrogen) atoms. The third-order valence-corrected chi connectivity index (χ3v) is 5.74. The number of para-hydroxylation sites is 2. The maximum Gasteiger partial charge on any atom is 0.262 e. The summed E-state index contributed by atoms with van der Waals surface area (Å²) in [5.41, 5.74) is 1.84. The van der Waals surface area contributed by atoms with E-state index in [-0.39, 0.29) is 11.5 Å². The molecule has 0 bridgehead atoms. The van der Waals surface area contributed by atoms with Gasteiger partial charge in [0.05, 0.1) is 10.9 Å². The lowest BCUT2D eigenvalue weighted by atomic mass is 10.2. The number of rotatable bonds is 5. The smallest absolute Gasteiger partial charge is 0.262 e. The summed E-state index contributed by atoms with van der Waals surface area (Å²) in [5.74, 6) is 0.140. The van der Waals surface area contributed by atoms with Crippen LogP contribution in [-0.2, 0) is 11.3 Å². The fourth-order valence-electron chi connectivity index (χ4n) is 3.80. The number of amides is 1. The first-order chi connectivity index (χ1) is 14.1. The van der Waals surface area contributed by atoms with E-state index in [1.165, 1.54) is 5.69 Å². The van der Waals surface area contributed by atoms with Gasteiger partial charge in [0, 0.05) is 44.8 Å². The fraction of sp³-hybridized carbons (Fsp3) is 0.318. The van der Waals surface area contributed by atoms with Crippen LogP contribution in [0.25, 0.3) is 10.9 Å². The molecule has 6 nitrogen and oxygen atoms in total. The van der Waals surface area contributed by atoms with Gasteiger partial charge in [-0.1, -0.05) is 30.3 Å². The molecule has 0 atom stereocenters. The van der Waals surface area contributed by atoms with Crippen molar-refractivity contribution in [2.45, 2.75) is 19.4 Å². The van der Waals surface area contributed by atoms with Gasteiger partial charge in [-0.25, -0.2) is 0 Å². The number of aromatic amines is 1. The molecule has 0 saturated carbocycles. The van der Waals surface area contributed by atoms with Gasteiger partial charge in [-0.15, -0.1) is 0 Å². The third kappa shape index (κ3) is 4.24. The Labute approximate surface area is 174 Å². The predicted molar refractivity (Wildman–Crippen MR) is 118 cm³/mol. The van der Waals surface area contributed by atoms with Crippen LogP contribution in [0.4, 0.5) is 5.69 Å². The van der Waals surface area contributed by atoms with E-state index in [1.807, 2.05) is 41.3 Å². The summed E-state index contributed by atoms with van der Waals surface area (Å²) in [4.78, 5) is 32.6. The molecule has 0 radical (unpaired) electrons. The largest absolute Gasteiger partial charge is 0.368 e. The normalized spacial score (nSPS) is 14.3. The van der Waals surface area contributed by atoms with Gasteiger partial charge >= 0.3 is 0 Å². The number of H-pyrrole nitrogens is 1. The molecule has 1 N–H and O–H groups in total. The number of piperazine rings is 1. The molecule has 0 aliphatic carbocycles. The molecule has 0 unspecified atom stereocenters. The SMILES string of the molecule is O=C(CCCn1c(=S)[nH]c2ccccc2c1=O)N1CCN(c2ccccc2)CC1. The second kappa shape index (κ2) is 8.61. The minimum Gasteiger partial charge on any atom is -0.368 e. The first kappa shape index (κ1) is 19.4. The van der Waals surface area contributed by atoms with Crippen LogP contribution in [0, 0.1) is 4.77 Å². The van der Waals surface area contributed by atoms with Crippen molar-refractivity contribution in [1.29, 1.82) is 0 Å². The molecule has 1 aliphatic rings. The summed E-state index contributed by atoms with van der Waals surface area (Å²) in [5, 5.41) is 0.615. The highest BCUT2D eigenvalue weighted by atomic mass is 32.1. The number of nitrogens with one attached hydrogen (secondary N) is 1. The second-order valence-electron chi connectivity index (χ2n) is 7.24. The molecule has 3 aromatic rings. The maximum absolute atomic E-state index is 12.7. The van der Waals surface area contributed by atoms with E-state index < -0.39 is 0 Å². The zero-order chi connectivity index (χ0) is 20.2. The van der Waals surface area contributed by atoms with E-state index in [9.17, 15) is 9.59 Å². The Hall–Kier alpha value is -2.93. The number of carbonyl (C=O) groups is 1. The highest BCUT2D eigenvalue weighted by Gasteiger charge is 2.20. The van der Waals surface area contributed by atoms with Gasteiger partial charge in [0.2, 0.25) is 5.91 Å². The zero-order valence-electron chi connectivity index (χ0n) is 16.2. The van der Waals surface area contributed by atoms with Crippen molar-refractivity contribution in [3.8, 4) is 0 Å². The van der Waals surface area contributed by atoms with E-state index in [0.29, 0.717) is 29.5 Å². The van der Waals surface area contributed by atoms with E-state index in [1.54, 1.807) is 10.6 Å². The van der Waals surface area contributed by atoms with Crippen LogP contribution in [0.3, 0.4) is 0 Å². The Morgan fingerprint density at radius 1 is 0.966 bits per heavy atom. The highest BCUT2D eigenvalue weighted by molar-refractivity contribution is 7.71. The quantitative estimate of drug-likeness (QED) is 0.659. The lowest BCUT2D eigenvalue weighted by molar-refractivity contribution is -0.131. The van der Waals surface area contributed by atoms with Gasteiger partial charge < -0.3 is 14.8 Å². The van der Waals surface area contributed by atoms with Crippen LogP contribution >= 0.6 is 12.2 Å². The van der Waals surface area contributed by atoms with Crippen molar-refractivity contribution < 1.29 is 4.79 Å². The molecule has 4 rings (SSSR count). The van der Waals surface area contributed by atoms with Crippen molar-refractivity contribution in [3.05, 3.63) is 69.7 Å². The van der Waals surface area contributed by atoms with E-state index in [2.05, 4.69) is 22.0 Å². The van der Waals surface area contributed by atoms with Crippen LogP contribution in [0.1, 0.15) is 12.8 Å². The standard InChI is InChI=1S/C22H24N4O2S/c27-20(25-15-13-24(14-16-25)17-7-2-1-3-8-17)11-6-12-26-21(28)18-9-4-5-10-19(18)23-22(26)29/h1-5,7-10H,6,11-16H2,(H,23,29). The molecule has 2 aromatic carbocycles. The average Bonchev–Trinajstić information content (AvgIpc) is 2.76. The monoisotopic (exact) mass is 408 g/mol. The number of benzene rings is 2. The first-order valence-corrected chi connectivity index (χ1v) is 10.3. The maximum atomic E-state index is 12.7. The number of hydrogen-bond acceptors (Lipinski definition) is 4. The topological polar surface area (TPSA) is 61.3 Å². The lowest BCUT2D eigenvalue weighted by Crippen LogP contribution is -2.48. The number of fused-ring (bicyclic) bond motifs is 1. The van der Waals surface area contributed by atoms with Crippen molar-refractivity contribution >= 4 is 34.7 Å². The van der Waals surface area contributed by atoms with Gasteiger partial charge in [0.1, 0.15) is 0 Å². The Morgan fingerprint density at radius 2 is 1.66 bits per heavy atom. The Balaban J connectivity index is 1.33. The minimum absolute atomic E-state index is 0.103. The van der Waals surface area contributed by atoms with Crippen LogP contribution < -0.4 is 10.5 Å². The van der Waals surface area contributed by atoms with Crippen molar-refractivity contribution in [1.82, 2.24) is 14.5 Å². The Morgan fingerprint density at radius 3 is 2.41 bits per heavy atom. The Kier molecular flexibility index (Phi) is 5.76. The van der Waals surface area contributed by atoms with E-state index in [4.69, 9.17) is 12.2 Å². The molecule has 1 saturated heterocycles. The van der Waals surface area contributed by atoms with Gasteiger partial charge in [-0.2, -0.15) is 0 Å². The van der Waals surface area contributed by atoms with Gasteiger partial charge in [-0.05, 0) is 42.9 Å². The number of nitrogens with zero attached hydrogens (tertiary/aromatic N) is 3. The molecular weight excluding hydrogens is 384 g/mol. The summed E-state index contributed by atoms with van der Waals surface area (Å²) in [6.07, 6.45) is 1.01. The molecule has 1 amide bonds. The number of aromatic nitrogens is 2. The molecule has 0 spiro atoms. The van der Waals surface area contributed by atoms with E-state index in [0.717, 1.165) is 31.7 Å². The summed E-state index contributed by atoms with van der Waals surface area (Å²) < 4.78 is 1.95. The number of anilines is 1. The van der Waals surface area contributed by atoms with Crippen LogP contribution in [0.15, 0.2) is 59.4 Å². The van der Waals surface area contributed by atoms with Crippen LogP contribution in [0.2, 0.25) is 0 Å². The number of hydrogen-bond donors (Lipinski definition) is 1. The fourth-order valence-corrected chi connectivity index (χ4v) is 4.09. The average molecular weight is 409 g/mol. The van der Waals surface area contributed by atoms with Crippen molar-refractivity contribution in [2.24, 2.45) is 0 Å². The second-order valence-corrected chi connectivity index (χ2v) is 7.63. The number of carbonyl (C=O) groups excluding carboxylic acids is 1. The molecule has 2 heterocycles.